The van der Waals surface area contributed by atoms with Gasteiger partial charge in [0.2, 0.25) is 0 Å². The lowest BCUT2D eigenvalue weighted by Crippen LogP contribution is -1.98. The second-order valence-corrected chi connectivity index (χ2v) is 4.62. The minimum Gasteiger partial charge on any atom is -0.478 e. The molecule has 0 fully saturated rings. The molecule has 0 saturated carbocycles. The van der Waals surface area contributed by atoms with Crippen LogP contribution in [0.15, 0.2) is 35.5 Å². The average Bonchev–Trinajstić information content (AvgIpc) is 2.24. The fraction of sp³-hybridized carbons (Fsp3) is 0.467. The Morgan fingerprint density at radius 1 is 1.06 bits per heavy atom. The van der Waals surface area contributed by atoms with Crippen LogP contribution in [0.4, 0.5) is 0 Å². The standard InChI is InChI=1S/C15H22O3/c1-11(2)14(16)9-8-12(3)6-5-7-13(4)10-15(17)18/h6,10H,1,5,7-9H2,2-4H3,(H,17,18)/b12-6+,13-10+. The first-order chi connectivity index (χ1) is 8.32. The van der Waals surface area contributed by atoms with Gasteiger partial charge in [-0.2, -0.15) is 0 Å². The van der Waals surface area contributed by atoms with E-state index in [1.807, 2.05) is 13.8 Å². The fourth-order valence-electron chi connectivity index (χ4n) is 1.46. The minimum absolute atomic E-state index is 0.102. The number of carboxylic acids is 1. The summed E-state index contributed by atoms with van der Waals surface area (Å²) in [5.41, 5.74) is 2.61. The zero-order valence-corrected chi connectivity index (χ0v) is 11.5. The summed E-state index contributed by atoms with van der Waals surface area (Å²) in [6.07, 6.45) is 6.08. The van der Waals surface area contributed by atoms with Gasteiger partial charge in [-0.3, -0.25) is 4.79 Å². The predicted molar refractivity (Wildman–Crippen MR) is 73.4 cm³/mol. The highest BCUT2D eigenvalue weighted by Gasteiger charge is 2.02. The van der Waals surface area contributed by atoms with Crippen molar-refractivity contribution < 1.29 is 14.7 Å². The van der Waals surface area contributed by atoms with E-state index in [1.54, 1.807) is 6.92 Å². The van der Waals surface area contributed by atoms with E-state index in [0.29, 0.717) is 12.0 Å². The Hall–Kier alpha value is -1.64. The number of allylic oxidation sites excluding steroid dienone is 4. The van der Waals surface area contributed by atoms with Gasteiger partial charge in [0.15, 0.2) is 5.78 Å². The number of aliphatic carboxylic acids is 1. The number of carbonyl (C=O) groups is 2. The Morgan fingerprint density at radius 2 is 1.67 bits per heavy atom. The summed E-state index contributed by atoms with van der Waals surface area (Å²) in [4.78, 5) is 21.8. The number of ketones is 1. The second kappa shape index (κ2) is 8.45. The van der Waals surface area contributed by atoms with Gasteiger partial charge in [-0.1, -0.05) is 23.8 Å². The van der Waals surface area contributed by atoms with Crippen LogP contribution in [0.3, 0.4) is 0 Å². The third kappa shape index (κ3) is 8.50. The topological polar surface area (TPSA) is 54.4 Å². The summed E-state index contributed by atoms with van der Waals surface area (Å²) in [6.45, 7) is 9.13. The van der Waals surface area contributed by atoms with E-state index < -0.39 is 5.97 Å². The Labute approximate surface area is 109 Å². The largest absolute Gasteiger partial charge is 0.478 e. The van der Waals surface area contributed by atoms with E-state index in [0.717, 1.165) is 30.4 Å². The molecule has 0 heterocycles. The first kappa shape index (κ1) is 16.4. The number of hydrogen-bond donors (Lipinski definition) is 1. The molecule has 0 bridgehead atoms. The van der Waals surface area contributed by atoms with E-state index in [-0.39, 0.29) is 5.78 Å². The maximum Gasteiger partial charge on any atom is 0.328 e. The molecule has 0 atom stereocenters. The summed E-state index contributed by atoms with van der Waals surface area (Å²) in [5, 5.41) is 8.55. The van der Waals surface area contributed by atoms with Crippen molar-refractivity contribution >= 4 is 11.8 Å². The van der Waals surface area contributed by atoms with Crippen LogP contribution < -0.4 is 0 Å². The van der Waals surface area contributed by atoms with Crippen molar-refractivity contribution in [2.75, 3.05) is 0 Å². The van der Waals surface area contributed by atoms with E-state index in [4.69, 9.17) is 5.11 Å². The zero-order valence-electron chi connectivity index (χ0n) is 11.5. The van der Waals surface area contributed by atoms with Gasteiger partial charge in [0.25, 0.3) is 0 Å². The minimum atomic E-state index is -0.903. The maximum absolute atomic E-state index is 11.3. The van der Waals surface area contributed by atoms with Crippen LogP contribution in [0.5, 0.6) is 0 Å². The van der Waals surface area contributed by atoms with Crippen LogP contribution in [0.1, 0.15) is 46.5 Å². The van der Waals surface area contributed by atoms with Crippen LogP contribution in [0.2, 0.25) is 0 Å². The fourth-order valence-corrected chi connectivity index (χ4v) is 1.46. The van der Waals surface area contributed by atoms with Gasteiger partial charge < -0.3 is 5.11 Å². The molecule has 1 N–H and O–H groups in total. The number of hydrogen-bond acceptors (Lipinski definition) is 2. The second-order valence-electron chi connectivity index (χ2n) is 4.62. The first-order valence-electron chi connectivity index (χ1n) is 6.07. The Balaban J connectivity index is 4.02. The molecule has 0 amide bonds. The van der Waals surface area contributed by atoms with Crippen LogP contribution in [0, 0.1) is 0 Å². The van der Waals surface area contributed by atoms with Gasteiger partial charge in [-0.05, 0) is 45.6 Å². The van der Waals surface area contributed by atoms with Gasteiger partial charge in [-0.25, -0.2) is 4.79 Å². The highest BCUT2D eigenvalue weighted by Crippen LogP contribution is 2.11. The molecule has 0 rings (SSSR count). The van der Waals surface area contributed by atoms with E-state index in [1.165, 1.54) is 6.08 Å². The number of Topliss-reactive ketones (excluding diaryl/α,β-unsaturated/α-hetero) is 1. The van der Waals surface area contributed by atoms with Gasteiger partial charge in [0.1, 0.15) is 0 Å². The molecule has 0 aliphatic heterocycles. The monoisotopic (exact) mass is 250 g/mol. The summed E-state index contributed by atoms with van der Waals surface area (Å²) < 4.78 is 0. The number of carboxylic acid groups (broad SMARTS) is 1. The molecule has 3 nitrogen and oxygen atoms in total. The molecule has 18 heavy (non-hydrogen) atoms. The van der Waals surface area contributed by atoms with E-state index in [9.17, 15) is 9.59 Å². The van der Waals surface area contributed by atoms with Crippen LogP contribution in [0.25, 0.3) is 0 Å². The number of carbonyl (C=O) groups excluding carboxylic acids is 1. The normalized spacial score (nSPS) is 12.4. The molecule has 0 aromatic rings. The van der Waals surface area contributed by atoms with Crippen molar-refractivity contribution in [3.05, 3.63) is 35.5 Å². The highest BCUT2D eigenvalue weighted by molar-refractivity contribution is 5.94. The Bertz CT molecular complexity index is 387. The van der Waals surface area contributed by atoms with Crippen molar-refractivity contribution in [1.82, 2.24) is 0 Å². The molecular formula is C15H22O3. The molecule has 0 saturated heterocycles. The van der Waals surface area contributed by atoms with Crippen LogP contribution in [-0.2, 0) is 9.59 Å². The predicted octanol–water partition coefficient (Wildman–Crippen LogP) is 3.67. The highest BCUT2D eigenvalue weighted by atomic mass is 16.4. The first-order valence-corrected chi connectivity index (χ1v) is 6.07. The van der Waals surface area contributed by atoms with E-state index in [2.05, 4.69) is 12.7 Å². The quantitative estimate of drug-likeness (QED) is 0.528. The molecule has 0 aliphatic carbocycles. The molecule has 0 aromatic carbocycles. The lowest BCUT2D eigenvalue weighted by atomic mass is 10.0. The lowest BCUT2D eigenvalue weighted by Gasteiger charge is -2.02. The van der Waals surface area contributed by atoms with Crippen LogP contribution >= 0.6 is 0 Å². The number of rotatable bonds is 8. The smallest absolute Gasteiger partial charge is 0.328 e. The lowest BCUT2D eigenvalue weighted by molar-refractivity contribution is -0.131. The third-order valence-corrected chi connectivity index (χ3v) is 2.62. The van der Waals surface area contributed by atoms with Crippen molar-refractivity contribution in [2.24, 2.45) is 0 Å². The zero-order chi connectivity index (χ0) is 14.1. The van der Waals surface area contributed by atoms with Crippen LogP contribution in [-0.4, -0.2) is 16.9 Å². The SMILES string of the molecule is C=C(C)C(=O)CC/C(C)=C/CC/C(C)=C/C(=O)O. The molecule has 3 heteroatoms. The van der Waals surface area contributed by atoms with Crippen molar-refractivity contribution in [2.45, 2.75) is 46.5 Å². The van der Waals surface area contributed by atoms with Gasteiger partial charge in [0, 0.05) is 12.5 Å². The molecule has 0 radical (unpaired) electrons. The Kier molecular flexibility index (Phi) is 7.68. The summed E-state index contributed by atoms with van der Waals surface area (Å²) in [5.74, 6) is -0.801. The van der Waals surface area contributed by atoms with Gasteiger partial charge in [-0.15, -0.1) is 0 Å². The van der Waals surface area contributed by atoms with Crippen molar-refractivity contribution in [1.29, 1.82) is 0 Å². The summed E-state index contributed by atoms with van der Waals surface area (Å²) in [7, 11) is 0. The van der Waals surface area contributed by atoms with Crippen molar-refractivity contribution in [3.63, 3.8) is 0 Å². The average molecular weight is 250 g/mol. The summed E-state index contributed by atoms with van der Waals surface area (Å²) in [6, 6.07) is 0. The molecule has 0 aliphatic rings. The summed E-state index contributed by atoms with van der Waals surface area (Å²) >= 11 is 0. The maximum atomic E-state index is 11.3. The third-order valence-electron chi connectivity index (χ3n) is 2.62. The van der Waals surface area contributed by atoms with Gasteiger partial charge in [0.05, 0.1) is 0 Å². The van der Waals surface area contributed by atoms with E-state index >= 15 is 0 Å². The van der Waals surface area contributed by atoms with Gasteiger partial charge >= 0.3 is 5.97 Å². The molecule has 0 spiro atoms. The molecule has 0 aromatic heterocycles. The van der Waals surface area contributed by atoms with Crippen molar-refractivity contribution in [3.8, 4) is 0 Å². The molecule has 0 unspecified atom stereocenters. The molecular weight excluding hydrogens is 228 g/mol. The Morgan fingerprint density at radius 3 is 2.17 bits per heavy atom. The molecule has 100 valence electrons.